The van der Waals surface area contributed by atoms with Crippen molar-refractivity contribution in [2.75, 3.05) is 20.2 Å². The van der Waals surface area contributed by atoms with E-state index in [1.165, 1.54) is 31.4 Å². The lowest BCUT2D eigenvalue weighted by Gasteiger charge is -2.09. The van der Waals surface area contributed by atoms with Crippen molar-refractivity contribution in [1.82, 2.24) is 10.0 Å². The third-order valence-corrected chi connectivity index (χ3v) is 5.44. The van der Waals surface area contributed by atoms with Gasteiger partial charge >= 0.3 is 5.97 Å². The van der Waals surface area contributed by atoms with Gasteiger partial charge in [-0.15, -0.1) is 0 Å². The van der Waals surface area contributed by atoms with E-state index in [1.54, 1.807) is 0 Å². The molecular weight excluding hydrogens is 280 g/mol. The number of carbonyl (C=O) groups excluding carboxylic acids is 1. The minimum absolute atomic E-state index is 0.0431. The normalized spacial score (nSPS) is 27.9. The molecule has 1 saturated carbocycles. The van der Waals surface area contributed by atoms with Crippen molar-refractivity contribution >= 4 is 16.0 Å². The number of carbonyl (C=O) groups is 1. The van der Waals surface area contributed by atoms with Crippen LogP contribution in [0.1, 0.15) is 10.4 Å². The first-order valence-electron chi connectivity index (χ1n) is 6.44. The molecule has 0 aromatic heterocycles. The summed E-state index contributed by atoms with van der Waals surface area (Å²) in [4.78, 5) is 11.5. The van der Waals surface area contributed by atoms with Crippen molar-refractivity contribution in [2.45, 2.75) is 10.9 Å². The van der Waals surface area contributed by atoms with E-state index in [1.807, 2.05) is 0 Å². The smallest absolute Gasteiger partial charge is 0.337 e. The van der Waals surface area contributed by atoms with Crippen LogP contribution in [0.4, 0.5) is 0 Å². The van der Waals surface area contributed by atoms with E-state index < -0.39 is 16.0 Å². The summed E-state index contributed by atoms with van der Waals surface area (Å²) in [6.45, 7) is 1.75. The molecule has 0 spiro atoms. The van der Waals surface area contributed by atoms with Crippen molar-refractivity contribution in [1.29, 1.82) is 0 Å². The molecule has 6 nitrogen and oxygen atoms in total. The molecule has 0 radical (unpaired) electrons. The average molecular weight is 296 g/mol. The number of sulfonamides is 1. The summed E-state index contributed by atoms with van der Waals surface area (Å²) < 4.78 is 31.7. The van der Waals surface area contributed by atoms with Gasteiger partial charge in [0.05, 0.1) is 17.6 Å². The minimum atomic E-state index is -3.52. The van der Waals surface area contributed by atoms with E-state index in [-0.39, 0.29) is 10.9 Å². The van der Waals surface area contributed by atoms with Crippen LogP contribution >= 0.6 is 0 Å². The topological polar surface area (TPSA) is 84.5 Å². The molecule has 2 unspecified atom stereocenters. The maximum Gasteiger partial charge on any atom is 0.337 e. The van der Waals surface area contributed by atoms with Gasteiger partial charge in [-0.1, -0.05) is 0 Å². The van der Waals surface area contributed by atoms with E-state index in [0.717, 1.165) is 13.1 Å². The molecular formula is C13H16N2O4S. The van der Waals surface area contributed by atoms with Crippen molar-refractivity contribution in [3.63, 3.8) is 0 Å². The molecule has 1 aromatic carbocycles. The molecule has 1 saturated heterocycles. The van der Waals surface area contributed by atoms with Crippen LogP contribution in [0.3, 0.4) is 0 Å². The lowest BCUT2D eigenvalue weighted by atomic mass is 10.2. The summed E-state index contributed by atoms with van der Waals surface area (Å²) >= 11 is 0. The third kappa shape index (κ3) is 2.32. The maximum atomic E-state index is 12.2. The molecule has 2 fully saturated rings. The van der Waals surface area contributed by atoms with Crippen molar-refractivity contribution in [2.24, 2.45) is 11.8 Å². The Labute approximate surface area is 117 Å². The molecule has 2 N–H and O–H groups in total. The fourth-order valence-electron chi connectivity index (χ4n) is 2.73. The monoisotopic (exact) mass is 296 g/mol. The predicted octanol–water partition coefficient (Wildman–Crippen LogP) is -0.0307. The third-order valence-electron chi connectivity index (χ3n) is 3.97. The van der Waals surface area contributed by atoms with Crippen molar-refractivity contribution in [3.8, 4) is 0 Å². The van der Waals surface area contributed by atoms with Gasteiger partial charge in [0, 0.05) is 6.04 Å². The van der Waals surface area contributed by atoms with Gasteiger partial charge in [0.25, 0.3) is 0 Å². The summed E-state index contributed by atoms with van der Waals surface area (Å²) in [5.74, 6) is 0.350. The van der Waals surface area contributed by atoms with Gasteiger partial charge < -0.3 is 10.1 Å². The molecule has 0 bridgehead atoms. The number of fused-ring (bicyclic) bond motifs is 1. The van der Waals surface area contributed by atoms with Crippen LogP contribution in [-0.2, 0) is 14.8 Å². The maximum absolute atomic E-state index is 12.2. The standard InChI is InChI=1S/C13H16N2O4S/c1-19-13(16)8-2-4-9(5-3-8)20(17,18)15-12-10-6-14-7-11(10)12/h2-5,10-12,14-15H,6-7H2,1H3. The number of methoxy groups -OCH3 is 1. The molecule has 7 heteroatoms. The van der Waals surface area contributed by atoms with Crippen LogP contribution in [0, 0.1) is 11.8 Å². The molecule has 1 aliphatic carbocycles. The second-order valence-corrected chi connectivity index (χ2v) is 6.86. The highest BCUT2D eigenvalue weighted by molar-refractivity contribution is 7.89. The highest BCUT2D eigenvalue weighted by Crippen LogP contribution is 2.42. The van der Waals surface area contributed by atoms with Crippen LogP contribution in [0.25, 0.3) is 0 Å². The van der Waals surface area contributed by atoms with E-state index in [9.17, 15) is 13.2 Å². The molecule has 2 aliphatic rings. The Bertz CT molecular complexity index is 616. The molecule has 20 heavy (non-hydrogen) atoms. The van der Waals surface area contributed by atoms with E-state index in [4.69, 9.17) is 0 Å². The largest absolute Gasteiger partial charge is 0.465 e. The van der Waals surface area contributed by atoms with Gasteiger partial charge in [0.1, 0.15) is 0 Å². The van der Waals surface area contributed by atoms with Crippen LogP contribution in [0.2, 0.25) is 0 Å². The Balaban J connectivity index is 1.73. The number of nitrogens with one attached hydrogen (secondary N) is 2. The number of benzene rings is 1. The van der Waals surface area contributed by atoms with E-state index >= 15 is 0 Å². The lowest BCUT2D eigenvalue weighted by molar-refractivity contribution is 0.0600. The van der Waals surface area contributed by atoms with Gasteiger partial charge in [-0.3, -0.25) is 0 Å². The fourth-order valence-corrected chi connectivity index (χ4v) is 4.07. The molecule has 3 rings (SSSR count). The summed E-state index contributed by atoms with van der Waals surface area (Å²) in [6, 6.07) is 5.79. The van der Waals surface area contributed by atoms with Crippen LogP contribution in [-0.4, -0.2) is 40.6 Å². The first-order valence-corrected chi connectivity index (χ1v) is 7.92. The molecule has 0 amide bonds. The van der Waals surface area contributed by atoms with Crippen molar-refractivity contribution < 1.29 is 17.9 Å². The quantitative estimate of drug-likeness (QED) is 0.762. The molecule has 2 atom stereocenters. The van der Waals surface area contributed by atoms with Crippen LogP contribution < -0.4 is 10.0 Å². The van der Waals surface area contributed by atoms with Gasteiger partial charge in [0.15, 0.2) is 0 Å². The lowest BCUT2D eigenvalue weighted by Crippen LogP contribution is -2.32. The SMILES string of the molecule is COC(=O)c1ccc(S(=O)(=O)NC2C3CNCC32)cc1. The van der Waals surface area contributed by atoms with E-state index in [2.05, 4.69) is 14.8 Å². The van der Waals surface area contributed by atoms with E-state index in [0.29, 0.717) is 17.4 Å². The van der Waals surface area contributed by atoms with Crippen LogP contribution in [0.5, 0.6) is 0 Å². The Hall–Kier alpha value is -1.44. The summed E-state index contributed by atoms with van der Waals surface area (Å²) in [5.41, 5.74) is 0.332. The minimum Gasteiger partial charge on any atom is -0.465 e. The number of ether oxygens (including phenoxy) is 1. The van der Waals surface area contributed by atoms with Crippen LogP contribution in [0.15, 0.2) is 29.2 Å². The van der Waals surface area contributed by atoms with Gasteiger partial charge in [0.2, 0.25) is 10.0 Å². The average Bonchev–Trinajstić information content (AvgIpc) is 2.89. The first kappa shape index (κ1) is 13.5. The summed E-state index contributed by atoms with van der Waals surface area (Å²) in [5, 5.41) is 3.22. The predicted molar refractivity (Wildman–Crippen MR) is 71.7 cm³/mol. The zero-order valence-electron chi connectivity index (χ0n) is 11.0. The van der Waals surface area contributed by atoms with Crippen molar-refractivity contribution in [3.05, 3.63) is 29.8 Å². The van der Waals surface area contributed by atoms with Gasteiger partial charge in [-0.05, 0) is 49.2 Å². The summed E-state index contributed by atoms with van der Waals surface area (Å²) in [6.07, 6.45) is 0. The Morgan fingerprint density at radius 2 is 1.85 bits per heavy atom. The molecule has 1 heterocycles. The number of hydrogen-bond donors (Lipinski definition) is 2. The Kier molecular flexibility index (Phi) is 3.27. The Morgan fingerprint density at radius 3 is 2.40 bits per heavy atom. The summed E-state index contributed by atoms with van der Waals surface area (Å²) in [7, 11) is -2.23. The molecule has 1 aromatic rings. The molecule has 1 aliphatic heterocycles. The zero-order valence-corrected chi connectivity index (χ0v) is 11.8. The highest BCUT2D eigenvalue weighted by Gasteiger charge is 2.54. The number of rotatable bonds is 4. The molecule has 108 valence electrons. The Morgan fingerprint density at radius 1 is 1.25 bits per heavy atom. The van der Waals surface area contributed by atoms with Gasteiger partial charge in [-0.2, -0.15) is 0 Å². The number of piperidine rings is 1. The number of esters is 1. The zero-order chi connectivity index (χ0) is 14.3. The van der Waals surface area contributed by atoms with Gasteiger partial charge in [-0.25, -0.2) is 17.9 Å². The first-order chi connectivity index (χ1) is 9.53. The fraction of sp³-hybridized carbons (Fsp3) is 0.462. The second-order valence-electron chi connectivity index (χ2n) is 5.15. The second kappa shape index (κ2) is 4.83. The number of hydrogen-bond acceptors (Lipinski definition) is 5. The highest BCUT2D eigenvalue weighted by atomic mass is 32.2.